The van der Waals surface area contributed by atoms with E-state index in [0.29, 0.717) is 26.3 Å². The van der Waals surface area contributed by atoms with Crippen molar-refractivity contribution < 1.29 is 23.8 Å². The van der Waals surface area contributed by atoms with Crippen molar-refractivity contribution in [2.45, 2.75) is 19.4 Å². The van der Waals surface area contributed by atoms with E-state index in [0.717, 1.165) is 44.0 Å². The zero-order chi connectivity index (χ0) is 19.3. The van der Waals surface area contributed by atoms with Gasteiger partial charge in [0.15, 0.2) is 11.5 Å². The molecule has 28 heavy (non-hydrogen) atoms. The molecule has 152 valence electrons. The third kappa shape index (κ3) is 4.56. The van der Waals surface area contributed by atoms with Crippen LogP contribution in [0.2, 0.25) is 0 Å². The van der Waals surface area contributed by atoms with Gasteiger partial charge in [-0.1, -0.05) is 6.07 Å². The fraction of sp³-hybridized carbons (Fsp3) is 0.600. The molecule has 0 spiro atoms. The number of amides is 2. The van der Waals surface area contributed by atoms with Gasteiger partial charge in [0.05, 0.1) is 6.54 Å². The van der Waals surface area contributed by atoms with E-state index < -0.39 is 0 Å². The minimum absolute atomic E-state index is 0.0110. The first kappa shape index (κ1) is 19.0. The van der Waals surface area contributed by atoms with Gasteiger partial charge < -0.3 is 24.4 Å². The Morgan fingerprint density at radius 2 is 1.79 bits per heavy atom. The fourth-order valence-electron chi connectivity index (χ4n) is 3.83. The number of hydrogen-bond donors (Lipinski definition) is 1. The first-order valence-corrected chi connectivity index (χ1v) is 9.93. The van der Waals surface area contributed by atoms with Crippen LogP contribution in [0.3, 0.4) is 0 Å². The molecule has 3 heterocycles. The molecule has 0 bridgehead atoms. The second kappa shape index (κ2) is 8.79. The van der Waals surface area contributed by atoms with Crippen molar-refractivity contribution in [1.29, 1.82) is 0 Å². The maximum Gasteiger partial charge on any atom is 0.242 e. The molecular formula is C20H27N3O5. The molecule has 0 aromatic heterocycles. The number of fused-ring (bicyclic) bond motifs is 1. The highest BCUT2D eigenvalue weighted by molar-refractivity contribution is 5.85. The molecule has 2 fully saturated rings. The van der Waals surface area contributed by atoms with Crippen molar-refractivity contribution in [3.8, 4) is 11.5 Å². The molecule has 2 saturated heterocycles. The number of nitrogens with zero attached hydrogens (tertiary/aromatic N) is 2. The molecule has 0 saturated carbocycles. The summed E-state index contributed by atoms with van der Waals surface area (Å²) >= 11 is 0. The number of rotatable bonds is 5. The lowest BCUT2D eigenvalue weighted by Crippen LogP contribution is -2.51. The minimum Gasteiger partial charge on any atom is -0.454 e. The Hall–Kier alpha value is -2.32. The molecule has 0 atom stereocenters. The van der Waals surface area contributed by atoms with Crippen molar-refractivity contribution in [3.05, 3.63) is 23.8 Å². The Kier molecular flexibility index (Phi) is 5.97. The lowest BCUT2D eigenvalue weighted by Gasteiger charge is -2.35. The predicted molar refractivity (Wildman–Crippen MR) is 101 cm³/mol. The van der Waals surface area contributed by atoms with Crippen molar-refractivity contribution in [1.82, 2.24) is 15.1 Å². The van der Waals surface area contributed by atoms with Gasteiger partial charge in [-0.05, 0) is 30.5 Å². The molecule has 3 aliphatic heterocycles. The van der Waals surface area contributed by atoms with Gasteiger partial charge in [0.2, 0.25) is 18.6 Å². The largest absolute Gasteiger partial charge is 0.454 e. The molecule has 0 aliphatic carbocycles. The summed E-state index contributed by atoms with van der Waals surface area (Å²) in [6.07, 6.45) is 1.47. The van der Waals surface area contributed by atoms with Gasteiger partial charge in [0, 0.05) is 51.9 Å². The summed E-state index contributed by atoms with van der Waals surface area (Å²) in [7, 11) is 0. The van der Waals surface area contributed by atoms with E-state index >= 15 is 0 Å². The van der Waals surface area contributed by atoms with Crippen LogP contribution in [-0.4, -0.2) is 74.3 Å². The van der Waals surface area contributed by atoms with Crippen LogP contribution >= 0.6 is 0 Å². The van der Waals surface area contributed by atoms with Gasteiger partial charge >= 0.3 is 0 Å². The van der Waals surface area contributed by atoms with Gasteiger partial charge in [-0.2, -0.15) is 0 Å². The minimum atomic E-state index is -0.0295. The SMILES string of the molecule is O=C(NCC(=O)N1CCN(Cc2ccc3c(c2)OCO3)CC1)C1CCOCC1. The lowest BCUT2D eigenvalue weighted by atomic mass is 9.99. The molecule has 1 aromatic carbocycles. The second-order valence-electron chi connectivity index (χ2n) is 7.45. The zero-order valence-corrected chi connectivity index (χ0v) is 16.0. The summed E-state index contributed by atoms with van der Waals surface area (Å²) in [5.41, 5.74) is 1.17. The van der Waals surface area contributed by atoms with Crippen LogP contribution in [0.15, 0.2) is 18.2 Å². The quantitative estimate of drug-likeness (QED) is 0.795. The first-order chi connectivity index (χ1) is 13.7. The Morgan fingerprint density at radius 1 is 1.04 bits per heavy atom. The topological polar surface area (TPSA) is 80.3 Å². The average molecular weight is 389 g/mol. The molecule has 8 nitrogen and oxygen atoms in total. The summed E-state index contributed by atoms with van der Waals surface area (Å²) in [6.45, 7) is 5.41. The lowest BCUT2D eigenvalue weighted by molar-refractivity contribution is -0.136. The monoisotopic (exact) mass is 389 g/mol. The molecule has 3 aliphatic rings. The van der Waals surface area contributed by atoms with Crippen LogP contribution in [-0.2, 0) is 20.9 Å². The smallest absolute Gasteiger partial charge is 0.242 e. The predicted octanol–water partition coefficient (Wildman–Crippen LogP) is 0.602. The van der Waals surface area contributed by atoms with Gasteiger partial charge in [0.25, 0.3) is 0 Å². The van der Waals surface area contributed by atoms with Crippen LogP contribution < -0.4 is 14.8 Å². The third-order valence-electron chi connectivity index (χ3n) is 5.57. The maximum absolute atomic E-state index is 12.4. The Bertz CT molecular complexity index is 712. The standard InChI is InChI=1S/C20H27N3O5/c24-19(12-21-20(25)16-3-9-26-10-4-16)23-7-5-22(6-8-23)13-15-1-2-17-18(11-15)28-14-27-17/h1-2,11,16H,3-10,12-14H2,(H,21,25). The maximum atomic E-state index is 12.4. The summed E-state index contributed by atoms with van der Waals surface area (Å²) in [6, 6.07) is 6.02. The average Bonchev–Trinajstić information content (AvgIpc) is 3.21. The Labute approximate surface area is 164 Å². The van der Waals surface area contributed by atoms with Crippen LogP contribution in [0.5, 0.6) is 11.5 Å². The van der Waals surface area contributed by atoms with Crippen molar-refractivity contribution in [3.63, 3.8) is 0 Å². The molecule has 1 aromatic rings. The molecular weight excluding hydrogens is 362 g/mol. The number of hydrogen-bond acceptors (Lipinski definition) is 6. The molecule has 4 rings (SSSR count). The number of benzene rings is 1. The van der Waals surface area contributed by atoms with Gasteiger partial charge in [-0.25, -0.2) is 0 Å². The molecule has 1 N–H and O–H groups in total. The number of ether oxygens (including phenoxy) is 3. The highest BCUT2D eigenvalue weighted by Gasteiger charge is 2.25. The Morgan fingerprint density at radius 3 is 2.57 bits per heavy atom. The second-order valence-corrected chi connectivity index (χ2v) is 7.45. The summed E-state index contributed by atoms with van der Waals surface area (Å²) < 4.78 is 16.0. The van der Waals surface area contributed by atoms with Crippen molar-refractivity contribution in [2.24, 2.45) is 5.92 Å². The van der Waals surface area contributed by atoms with E-state index in [2.05, 4.69) is 16.3 Å². The number of carbonyl (C=O) groups is 2. The normalized spacial score (nSPS) is 20.2. The number of nitrogens with one attached hydrogen (secondary N) is 1. The highest BCUT2D eigenvalue weighted by Crippen LogP contribution is 2.32. The number of carbonyl (C=O) groups excluding carboxylic acids is 2. The van der Waals surface area contributed by atoms with E-state index in [-0.39, 0.29) is 31.1 Å². The molecule has 0 radical (unpaired) electrons. The third-order valence-corrected chi connectivity index (χ3v) is 5.57. The molecule has 8 heteroatoms. The van der Waals surface area contributed by atoms with Crippen LogP contribution in [0.4, 0.5) is 0 Å². The van der Waals surface area contributed by atoms with E-state index in [4.69, 9.17) is 14.2 Å². The van der Waals surface area contributed by atoms with Crippen LogP contribution in [0, 0.1) is 5.92 Å². The van der Waals surface area contributed by atoms with E-state index in [1.165, 1.54) is 5.56 Å². The Balaban J connectivity index is 1.19. The van der Waals surface area contributed by atoms with E-state index in [1.807, 2.05) is 17.0 Å². The molecule has 2 amide bonds. The highest BCUT2D eigenvalue weighted by atomic mass is 16.7. The van der Waals surface area contributed by atoms with E-state index in [1.54, 1.807) is 0 Å². The number of piperazine rings is 1. The zero-order valence-electron chi connectivity index (χ0n) is 16.0. The summed E-state index contributed by atoms with van der Waals surface area (Å²) in [4.78, 5) is 28.7. The summed E-state index contributed by atoms with van der Waals surface area (Å²) in [5, 5.41) is 2.80. The molecule has 0 unspecified atom stereocenters. The van der Waals surface area contributed by atoms with Crippen LogP contribution in [0.1, 0.15) is 18.4 Å². The first-order valence-electron chi connectivity index (χ1n) is 9.93. The van der Waals surface area contributed by atoms with Crippen molar-refractivity contribution in [2.75, 3.05) is 52.7 Å². The van der Waals surface area contributed by atoms with Gasteiger partial charge in [-0.3, -0.25) is 14.5 Å². The van der Waals surface area contributed by atoms with Crippen molar-refractivity contribution >= 4 is 11.8 Å². The van der Waals surface area contributed by atoms with Gasteiger partial charge in [-0.15, -0.1) is 0 Å². The van der Waals surface area contributed by atoms with Gasteiger partial charge in [0.1, 0.15) is 0 Å². The van der Waals surface area contributed by atoms with E-state index in [9.17, 15) is 9.59 Å². The summed E-state index contributed by atoms with van der Waals surface area (Å²) in [5.74, 6) is 1.52. The van der Waals surface area contributed by atoms with Crippen LogP contribution in [0.25, 0.3) is 0 Å². The fourth-order valence-corrected chi connectivity index (χ4v) is 3.83.